The van der Waals surface area contributed by atoms with Crippen molar-refractivity contribution >= 4 is 17.9 Å². The summed E-state index contributed by atoms with van der Waals surface area (Å²) in [6.07, 6.45) is 75.3. The third-order valence-electron chi connectivity index (χ3n) is 14.1. The average molecular weight is 1010 g/mol. The van der Waals surface area contributed by atoms with E-state index in [2.05, 4.69) is 69.4 Å². The Morgan fingerprint density at radius 2 is 0.500 bits per heavy atom. The summed E-state index contributed by atoms with van der Waals surface area (Å²) in [6, 6.07) is 0. The van der Waals surface area contributed by atoms with Crippen LogP contribution in [0.25, 0.3) is 0 Å². The Kier molecular flexibility index (Phi) is 58.7. The summed E-state index contributed by atoms with van der Waals surface area (Å²) in [7, 11) is 0. The van der Waals surface area contributed by atoms with Crippen LogP contribution in [0.2, 0.25) is 0 Å². The van der Waals surface area contributed by atoms with Gasteiger partial charge in [-0.2, -0.15) is 0 Å². The maximum absolute atomic E-state index is 12.9. The molecule has 0 spiro atoms. The molecule has 0 saturated heterocycles. The molecule has 0 N–H and O–H groups in total. The molecule has 420 valence electrons. The number of unbranched alkanes of at least 4 members (excludes halogenated alkanes) is 39. The van der Waals surface area contributed by atoms with E-state index in [1.165, 1.54) is 218 Å². The standard InChI is InChI=1S/C66H120O6/c1-4-7-10-13-16-19-22-25-28-31-33-35-38-41-44-47-50-53-56-59-65(68)71-62-63(61-70-64(67)58-55-52-49-46-43-40-37-30-27-24-21-18-15-12-9-6-3)72-66(69)60-57-54-51-48-45-42-39-36-34-32-29-26-23-20-17-14-11-8-5-2/h16,19,25,28,32-35,63H,4-15,17-18,20-24,26-27,29-31,36-62H2,1-3H3/b19-16-,28-25-,34-32-,35-33-/t63-/m1/s1. The number of hydrogen-bond acceptors (Lipinski definition) is 6. The maximum atomic E-state index is 12.9. The third-order valence-corrected chi connectivity index (χ3v) is 14.1. The van der Waals surface area contributed by atoms with Gasteiger partial charge >= 0.3 is 17.9 Å². The van der Waals surface area contributed by atoms with Gasteiger partial charge in [0, 0.05) is 19.3 Å². The first kappa shape index (κ1) is 69.4. The second kappa shape index (κ2) is 60.9. The van der Waals surface area contributed by atoms with Crippen LogP contribution in [0.1, 0.15) is 335 Å². The van der Waals surface area contributed by atoms with Crippen molar-refractivity contribution in [3.63, 3.8) is 0 Å². The fraction of sp³-hybridized carbons (Fsp3) is 0.833. The van der Waals surface area contributed by atoms with Crippen molar-refractivity contribution in [3.05, 3.63) is 48.6 Å². The van der Waals surface area contributed by atoms with Crippen molar-refractivity contribution in [1.82, 2.24) is 0 Å². The summed E-state index contributed by atoms with van der Waals surface area (Å²) in [4.78, 5) is 38.3. The van der Waals surface area contributed by atoms with E-state index < -0.39 is 6.10 Å². The van der Waals surface area contributed by atoms with E-state index in [0.717, 1.165) is 77.0 Å². The van der Waals surface area contributed by atoms with Crippen LogP contribution >= 0.6 is 0 Å². The monoisotopic (exact) mass is 1010 g/mol. The van der Waals surface area contributed by atoms with E-state index in [1.54, 1.807) is 0 Å². The van der Waals surface area contributed by atoms with E-state index in [-0.39, 0.29) is 31.1 Å². The van der Waals surface area contributed by atoms with Gasteiger partial charge in [0.2, 0.25) is 0 Å². The lowest BCUT2D eigenvalue weighted by Gasteiger charge is -2.18. The Hall–Kier alpha value is -2.63. The van der Waals surface area contributed by atoms with Crippen molar-refractivity contribution in [1.29, 1.82) is 0 Å². The number of ether oxygens (including phenoxy) is 3. The van der Waals surface area contributed by atoms with E-state index in [4.69, 9.17) is 14.2 Å². The molecule has 0 bridgehead atoms. The van der Waals surface area contributed by atoms with E-state index in [0.29, 0.717) is 19.3 Å². The lowest BCUT2D eigenvalue weighted by atomic mass is 10.0. The van der Waals surface area contributed by atoms with Crippen molar-refractivity contribution < 1.29 is 28.6 Å². The smallest absolute Gasteiger partial charge is 0.306 e. The molecular formula is C66H120O6. The zero-order chi connectivity index (χ0) is 52.2. The summed E-state index contributed by atoms with van der Waals surface area (Å²) in [6.45, 7) is 6.65. The first-order valence-corrected chi connectivity index (χ1v) is 31.6. The highest BCUT2D eigenvalue weighted by Crippen LogP contribution is 2.17. The average Bonchev–Trinajstić information content (AvgIpc) is 3.38. The van der Waals surface area contributed by atoms with E-state index in [1.807, 2.05) is 0 Å². The molecule has 0 fully saturated rings. The summed E-state index contributed by atoms with van der Waals surface area (Å²) >= 11 is 0. The molecule has 6 heteroatoms. The van der Waals surface area contributed by atoms with Crippen LogP contribution in [0.5, 0.6) is 0 Å². The highest BCUT2D eigenvalue weighted by molar-refractivity contribution is 5.71. The van der Waals surface area contributed by atoms with Gasteiger partial charge in [-0.25, -0.2) is 0 Å². The van der Waals surface area contributed by atoms with Gasteiger partial charge in [0.1, 0.15) is 13.2 Å². The van der Waals surface area contributed by atoms with Gasteiger partial charge in [0.15, 0.2) is 6.10 Å². The first-order valence-electron chi connectivity index (χ1n) is 31.6. The van der Waals surface area contributed by atoms with Gasteiger partial charge in [0.25, 0.3) is 0 Å². The Morgan fingerprint density at radius 3 is 0.819 bits per heavy atom. The first-order chi connectivity index (χ1) is 35.5. The number of carbonyl (C=O) groups excluding carboxylic acids is 3. The predicted molar refractivity (Wildman–Crippen MR) is 312 cm³/mol. The van der Waals surface area contributed by atoms with Crippen LogP contribution in [0.15, 0.2) is 48.6 Å². The maximum Gasteiger partial charge on any atom is 0.306 e. The molecule has 0 aliphatic rings. The molecule has 72 heavy (non-hydrogen) atoms. The van der Waals surface area contributed by atoms with Crippen molar-refractivity contribution in [2.75, 3.05) is 13.2 Å². The van der Waals surface area contributed by atoms with E-state index in [9.17, 15) is 14.4 Å². The normalized spacial score (nSPS) is 12.3. The zero-order valence-corrected chi connectivity index (χ0v) is 48.2. The Bertz CT molecular complexity index is 1250. The summed E-state index contributed by atoms with van der Waals surface area (Å²) in [5.74, 6) is -0.873. The second-order valence-corrected chi connectivity index (χ2v) is 21.3. The van der Waals surface area contributed by atoms with Crippen molar-refractivity contribution in [3.8, 4) is 0 Å². The second-order valence-electron chi connectivity index (χ2n) is 21.3. The van der Waals surface area contributed by atoms with Gasteiger partial charge in [-0.05, 0) is 83.5 Å². The van der Waals surface area contributed by atoms with Crippen LogP contribution in [-0.4, -0.2) is 37.2 Å². The molecule has 0 radical (unpaired) electrons. The fourth-order valence-electron chi connectivity index (χ4n) is 9.27. The molecule has 0 saturated carbocycles. The molecule has 0 aliphatic carbocycles. The highest BCUT2D eigenvalue weighted by atomic mass is 16.6. The van der Waals surface area contributed by atoms with Gasteiger partial charge in [-0.3, -0.25) is 14.4 Å². The van der Waals surface area contributed by atoms with Crippen molar-refractivity contribution in [2.45, 2.75) is 341 Å². The van der Waals surface area contributed by atoms with Gasteiger partial charge in [-0.1, -0.05) is 281 Å². The van der Waals surface area contributed by atoms with Gasteiger partial charge in [-0.15, -0.1) is 0 Å². The van der Waals surface area contributed by atoms with E-state index >= 15 is 0 Å². The van der Waals surface area contributed by atoms with Gasteiger partial charge in [0.05, 0.1) is 0 Å². The molecule has 1 atom stereocenters. The lowest BCUT2D eigenvalue weighted by molar-refractivity contribution is -0.167. The molecular weight excluding hydrogens is 889 g/mol. The van der Waals surface area contributed by atoms with Crippen molar-refractivity contribution in [2.24, 2.45) is 0 Å². The zero-order valence-electron chi connectivity index (χ0n) is 48.2. The molecule has 0 heterocycles. The Morgan fingerprint density at radius 1 is 0.278 bits per heavy atom. The Labute approximate surface area is 448 Å². The predicted octanol–water partition coefficient (Wildman–Crippen LogP) is 21.4. The molecule has 0 aromatic carbocycles. The third kappa shape index (κ3) is 58.3. The number of allylic oxidation sites excluding steroid dienone is 8. The SMILES string of the molecule is CCCCC/C=C\C/C=C\C/C=C\CCCCCCCCC(=O)OC[C@@H](COC(=O)CCCCCCCCCCCCCCCCCC)OC(=O)CCCCCCCCC/C=C\CCCCCCCCCC. The molecule has 0 aromatic heterocycles. The Balaban J connectivity index is 4.37. The van der Waals surface area contributed by atoms with Crippen LogP contribution in [0.3, 0.4) is 0 Å². The minimum absolute atomic E-state index is 0.0756. The van der Waals surface area contributed by atoms with Crippen LogP contribution in [0.4, 0.5) is 0 Å². The molecule has 0 unspecified atom stereocenters. The summed E-state index contributed by atoms with van der Waals surface area (Å²) < 4.78 is 16.9. The molecule has 0 aromatic rings. The number of hydrogen-bond donors (Lipinski definition) is 0. The quantitative estimate of drug-likeness (QED) is 0.0261. The van der Waals surface area contributed by atoms with Crippen LogP contribution in [0, 0.1) is 0 Å². The number of esters is 3. The van der Waals surface area contributed by atoms with Crippen LogP contribution < -0.4 is 0 Å². The molecule has 0 rings (SSSR count). The lowest BCUT2D eigenvalue weighted by Crippen LogP contribution is -2.30. The molecule has 6 nitrogen and oxygen atoms in total. The molecule has 0 aliphatic heterocycles. The largest absolute Gasteiger partial charge is 0.462 e. The van der Waals surface area contributed by atoms with Gasteiger partial charge < -0.3 is 14.2 Å². The summed E-state index contributed by atoms with van der Waals surface area (Å²) in [5, 5.41) is 0. The fourth-order valence-corrected chi connectivity index (χ4v) is 9.27. The molecule has 0 amide bonds. The van der Waals surface area contributed by atoms with Crippen LogP contribution in [-0.2, 0) is 28.6 Å². The minimum atomic E-state index is -0.780. The highest BCUT2D eigenvalue weighted by Gasteiger charge is 2.19. The minimum Gasteiger partial charge on any atom is -0.462 e. The number of rotatable bonds is 58. The topological polar surface area (TPSA) is 78.9 Å². The number of carbonyl (C=O) groups is 3. The summed E-state index contributed by atoms with van der Waals surface area (Å²) in [5.41, 5.74) is 0.